The first-order valence-corrected chi connectivity index (χ1v) is 5.69. The molecule has 0 saturated heterocycles. The second-order valence-corrected chi connectivity index (χ2v) is 4.16. The molecule has 2 rings (SSSR count). The highest BCUT2D eigenvalue weighted by Gasteiger charge is 2.12. The van der Waals surface area contributed by atoms with Gasteiger partial charge < -0.3 is 4.74 Å². The van der Waals surface area contributed by atoms with Gasteiger partial charge in [0.25, 0.3) is 0 Å². The smallest absolute Gasteiger partial charge is 0.148 e. The van der Waals surface area contributed by atoms with Gasteiger partial charge >= 0.3 is 0 Å². The SMILES string of the molecule is N#Cc1c(F)cccc1Oc1cccc(Cl)c1Cl. The Balaban J connectivity index is 2.44. The molecule has 0 N–H and O–H groups in total. The molecule has 0 heterocycles. The van der Waals surface area contributed by atoms with E-state index < -0.39 is 5.82 Å². The average Bonchev–Trinajstić information content (AvgIpc) is 2.35. The highest BCUT2D eigenvalue weighted by atomic mass is 35.5. The van der Waals surface area contributed by atoms with Crippen molar-refractivity contribution in [2.24, 2.45) is 0 Å². The maximum Gasteiger partial charge on any atom is 0.148 e. The van der Waals surface area contributed by atoms with Gasteiger partial charge in [0.15, 0.2) is 0 Å². The zero-order chi connectivity index (χ0) is 13.1. The fourth-order valence-electron chi connectivity index (χ4n) is 1.38. The summed E-state index contributed by atoms with van der Waals surface area (Å²) in [5.74, 6) is -0.277. The van der Waals surface area contributed by atoms with E-state index in [9.17, 15) is 4.39 Å². The van der Waals surface area contributed by atoms with Gasteiger partial charge in [-0.1, -0.05) is 35.3 Å². The van der Waals surface area contributed by atoms with Crippen LogP contribution in [0, 0.1) is 17.1 Å². The molecule has 0 amide bonds. The fourth-order valence-corrected chi connectivity index (χ4v) is 1.71. The quantitative estimate of drug-likeness (QED) is 0.792. The van der Waals surface area contributed by atoms with Crippen LogP contribution >= 0.6 is 23.2 Å². The number of nitrogens with zero attached hydrogens (tertiary/aromatic N) is 1. The standard InChI is InChI=1S/C13H6Cl2FNO/c14-9-3-1-6-12(13(9)15)18-11-5-2-4-10(16)8(11)7-17/h1-6H. The largest absolute Gasteiger partial charge is 0.454 e. The number of halogens is 3. The van der Waals surface area contributed by atoms with Gasteiger partial charge in [-0.15, -0.1) is 0 Å². The zero-order valence-corrected chi connectivity index (χ0v) is 10.5. The highest BCUT2D eigenvalue weighted by Crippen LogP contribution is 2.35. The van der Waals surface area contributed by atoms with Crippen molar-refractivity contribution >= 4 is 23.2 Å². The predicted molar refractivity (Wildman–Crippen MR) is 67.7 cm³/mol. The predicted octanol–water partition coefficient (Wildman–Crippen LogP) is 4.80. The molecule has 0 saturated carbocycles. The number of benzene rings is 2. The second-order valence-electron chi connectivity index (χ2n) is 3.38. The summed E-state index contributed by atoms with van der Waals surface area (Å²) in [5, 5.41) is 9.41. The molecular formula is C13H6Cl2FNO. The topological polar surface area (TPSA) is 33.0 Å². The van der Waals surface area contributed by atoms with Crippen LogP contribution in [0.3, 0.4) is 0 Å². The summed E-state index contributed by atoms with van der Waals surface area (Å²) >= 11 is 11.8. The first-order valence-electron chi connectivity index (χ1n) is 4.94. The van der Waals surface area contributed by atoms with Gasteiger partial charge in [0.2, 0.25) is 0 Å². The van der Waals surface area contributed by atoms with E-state index in [0.29, 0.717) is 5.02 Å². The Hall–Kier alpha value is -1.76. The number of nitriles is 1. The molecule has 2 aromatic rings. The third kappa shape index (κ3) is 2.40. The van der Waals surface area contributed by atoms with E-state index in [1.165, 1.54) is 18.2 Å². The van der Waals surface area contributed by atoms with Gasteiger partial charge in [-0.05, 0) is 24.3 Å². The van der Waals surface area contributed by atoms with Gasteiger partial charge in [0.05, 0.1) is 5.02 Å². The molecule has 90 valence electrons. The lowest BCUT2D eigenvalue weighted by atomic mass is 10.2. The molecule has 0 aromatic heterocycles. The van der Waals surface area contributed by atoms with Gasteiger partial charge in [-0.25, -0.2) is 4.39 Å². The minimum atomic E-state index is -0.645. The van der Waals surface area contributed by atoms with Crippen molar-refractivity contribution in [3.05, 3.63) is 57.8 Å². The Bertz CT molecular complexity index is 637. The Morgan fingerprint density at radius 1 is 1.06 bits per heavy atom. The van der Waals surface area contributed by atoms with Gasteiger partial charge in [0, 0.05) is 0 Å². The molecule has 0 fully saturated rings. The summed E-state index contributed by atoms with van der Waals surface area (Å²) in [6, 6.07) is 10.7. The molecule has 0 aliphatic heterocycles. The first-order chi connectivity index (χ1) is 8.63. The summed E-state index contributed by atoms with van der Waals surface area (Å²) < 4.78 is 18.8. The van der Waals surface area contributed by atoms with Crippen molar-refractivity contribution in [1.29, 1.82) is 5.26 Å². The van der Waals surface area contributed by atoms with E-state index in [0.717, 1.165) is 0 Å². The van der Waals surface area contributed by atoms with E-state index >= 15 is 0 Å². The number of hydrogen-bond donors (Lipinski definition) is 0. The monoisotopic (exact) mass is 281 g/mol. The third-order valence-corrected chi connectivity index (χ3v) is 3.02. The van der Waals surface area contributed by atoms with Crippen LogP contribution < -0.4 is 4.74 Å². The fraction of sp³-hybridized carbons (Fsp3) is 0. The average molecular weight is 282 g/mol. The highest BCUT2D eigenvalue weighted by molar-refractivity contribution is 6.42. The Kier molecular flexibility index (Phi) is 3.71. The van der Waals surface area contributed by atoms with Crippen molar-refractivity contribution < 1.29 is 9.13 Å². The zero-order valence-electron chi connectivity index (χ0n) is 8.95. The van der Waals surface area contributed by atoms with Crippen molar-refractivity contribution in [1.82, 2.24) is 0 Å². The summed E-state index contributed by atoms with van der Waals surface area (Å²) in [4.78, 5) is 0. The van der Waals surface area contributed by atoms with E-state index in [2.05, 4.69) is 0 Å². The van der Waals surface area contributed by atoms with Gasteiger partial charge in [0.1, 0.15) is 34.0 Å². The van der Waals surface area contributed by atoms with Gasteiger partial charge in [-0.3, -0.25) is 0 Å². The van der Waals surface area contributed by atoms with E-state index in [1.54, 1.807) is 24.3 Å². The van der Waals surface area contributed by atoms with Crippen molar-refractivity contribution in [2.45, 2.75) is 0 Å². The molecule has 2 nitrogen and oxygen atoms in total. The maximum absolute atomic E-state index is 13.4. The molecule has 0 aliphatic rings. The minimum Gasteiger partial charge on any atom is -0.454 e. The number of rotatable bonds is 2. The molecule has 5 heteroatoms. The minimum absolute atomic E-state index is 0.0988. The van der Waals surface area contributed by atoms with E-state index in [1.807, 2.05) is 0 Å². The van der Waals surface area contributed by atoms with Crippen LogP contribution in [0.4, 0.5) is 4.39 Å². The maximum atomic E-state index is 13.4. The van der Waals surface area contributed by atoms with E-state index in [4.69, 9.17) is 33.2 Å². The van der Waals surface area contributed by atoms with Gasteiger partial charge in [-0.2, -0.15) is 5.26 Å². The van der Waals surface area contributed by atoms with Crippen LogP contribution in [0.15, 0.2) is 36.4 Å². The Labute approximate surface area is 113 Å². The van der Waals surface area contributed by atoms with Crippen LogP contribution in [0.25, 0.3) is 0 Å². The molecule has 2 aromatic carbocycles. The molecule has 0 atom stereocenters. The Morgan fingerprint density at radius 3 is 2.44 bits per heavy atom. The lowest BCUT2D eigenvalue weighted by Crippen LogP contribution is -1.92. The van der Waals surface area contributed by atoms with Crippen molar-refractivity contribution in [3.8, 4) is 17.6 Å². The van der Waals surface area contributed by atoms with Crippen molar-refractivity contribution in [2.75, 3.05) is 0 Å². The first kappa shape index (κ1) is 12.7. The lowest BCUT2D eigenvalue weighted by molar-refractivity contribution is 0.474. The molecule has 0 bridgehead atoms. The lowest BCUT2D eigenvalue weighted by Gasteiger charge is -2.09. The van der Waals surface area contributed by atoms with Crippen LogP contribution in [0.2, 0.25) is 10.0 Å². The molecular weight excluding hydrogens is 276 g/mol. The summed E-state index contributed by atoms with van der Waals surface area (Å²) in [6.45, 7) is 0. The third-order valence-electron chi connectivity index (χ3n) is 2.22. The molecule has 0 radical (unpaired) electrons. The van der Waals surface area contributed by atoms with Crippen LogP contribution in [0.1, 0.15) is 5.56 Å². The number of ether oxygens (including phenoxy) is 1. The molecule has 18 heavy (non-hydrogen) atoms. The Morgan fingerprint density at radius 2 is 1.72 bits per heavy atom. The molecule has 0 spiro atoms. The van der Waals surface area contributed by atoms with Crippen LogP contribution in [-0.2, 0) is 0 Å². The number of hydrogen-bond acceptors (Lipinski definition) is 2. The molecule has 0 aliphatic carbocycles. The summed E-state index contributed by atoms with van der Waals surface area (Å²) in [7, 11) is 0. The summed E-state index contributed by atoms with van der Waals surface area (Å²) in [6.07, 6.45) is 0. The van der Waals surface area contributed by atoms with E-state index in [-0.39, 0.29) is 22.1 Å². The normalized spacial score (nSPS) is 9.89. The molecule has 0 unspecified atom stereocenters. The van der Waals surface area contributed by atoms with Crippen LogP contribution in [0.5, 0.6) is 11.5 Å². The van der Waals surface area contributed by atoms with Crippen LogP contribution in [-0.4, -0.2) is 0 Å². The second kappa shape index (κ2) is 5.26. The summed E-state index contributed by atoms with van der Waals surface area (Å²) in [5.41, 5.74) is -0.173. The van der Waals surface area contributed by atoms with Crippen molar-refractivity contribution in [3.63, 3.8) is 0 Å².